The van der Waals surface area contributed by atoms with Crippen molar-refractivity contribution in [3.63, 3.8) is 0 Å². The van der Waals surface area contributed by atoms with Gasteiger partial charge < -0.3 is 9.32 Å². The molecule has 124 valence electrons. The summed E-state index contributed by atoms with van der Waals surface area (Å²) in [6.07, 6.45) is 3.97. The van der Waals surface area contributed by atoms with Crippen LogP contribution in [0.15, 0.2) is 23.1 Å². The lowest BCUT2D eigenvalue weighted by Gasteiger charge is -2.33. The van der Waals surface area contributed by atoms with Crippen LogP contribution in [0.3, 0.4) is 0 Å². The lowest BCUT2D eigenvalue weighted by Crippen LogP contribution is -2.45. The fourth-order valence-electron chi connectivity index (χ4n) is 2.59. The molecular formula is C13H17N5O4S. The molecule has 23 heavy (non-hydrogen) atoms. The van der Waals surface area contributed by atoms with Crippen LogP contribution in [0.4, 0.5) is 0 Å². The molecule has 0 saturated carbocycles. The molecule has 1 unspecified atom stereocenters. The maximum absolute atomic E-state index is 12.6. The number of carbonyl (C=O) groups excluding carboxylic acids is 1. The topological polar surface area (TPSA) is 110 Å². The summed E-state index contributed by atoms with van der Waals surface area (Å²) in [4.78, 5) is 18.1. The summed E-state index contributed by atoms with van der Waals surface area (Å²) in [6.45, 7) is 2.57. The van der Waals surface area contributed by atoms with Crippen LogP contribution in [0, 0.1) is 6.92 Å². The molecule has 10 heteroatoms. The molecule has 2 aromatic heterocycles. The second-order valence-corrected chi connectivity index (χ2v) is 7.33. The predicted molar refractivity (Wildman–Crippen MR) is 80.1 cm³/mol. The molecule has 1 atom stereocenters. The molecule has 0 radical (unpaired) electrons. The van der Waals surface area contributed by atoms with Crippen LogP contribution in [0.2, 0.25) is 0 Å². The quantitative estimate of drug-likeness (QED) is 0.834. The SMILES string of the molecule is Cc1ncoc1C(=O)N1Cc2ccnn2C(CNS(C)(=O)=O)C1. The van der Waals surface area contributed by atoms with E-state index in [9.17, 15) is 13.2 Å². The number of nitrogens with zero attached hydrogens (tertiary/aromatic N) is 4. The van der Waals surface area contributed by atoms with Crippen molar-refractivity contribution in [3.8, 4) is 0 Å². The van der Waals surface area contributed by atoms with E-state index in [1.807, 2.05) is 0 Å². The number of aryl methyl sites for hydroxylation is 1. The maximum atomic E-state index is 12.6. The number of carbonyl (C=O) groups is 1. The second-order valence-electron chi connectivity index (χ2n) is 5.49. The van der Waals surface area contributed by atoms with Crippen molar-refractivity contribution >= 4 is 15.9 Å². The number of rotatable bonds is 4. The number of amides is 1. The number of fused-ring (bicyclic) bond motifs is 1. The Balaban J connectivity index is 1.83. The molecule has 2 aromatic rings. The summed E-state index contributed by atoms with van der Waals surface area (Å²) in [7, 11) is -3.32. The van der Waals surface area contributed by atoms with Gasteiger partial charge in [-0.15, -0.1) is 0 Å². The summed E-state index contributed by atoms with van der Waals surface area (Å²) >= 11 is 0. The molecule has 0 fully saturated rings. The third kappa shape index (κ3) is 3.27. The first kappa shape index (κ1) is 15.7. The van der Waals surface area contributed by atoms with Crippen molar-refractivity contribution in [1.82, 2.24) is 24.4 Å². The van der Waals surface area contributed by atoms with Gasteiger partial charge in [0.15, 0.2) is 6.39 Å². The van der Waals surface area contributed by atoms with E-state index < -0.39 is 10.0 Å². The first-order valence-electron chi connectivity index (χ1n) is 7.01. The van der Waals surface area contributed by atoms with E-state index in [4.69, 9.17) is 4.42 Å². The van der Waals surface area contributed by atoms with E-state index >= 15 is 0 Å². The summed E-state index contributed by atoms with van der Waals surface area (Å²) in [5.41, 5.74) is 1.36. The second kappa shape index (κ2) is 5.78. The van der Waals surface area contributed by atoms with E-state index in [1.165, 1.54) is 6.39 Å². The minimum Gasteiger partial charge on any atom is -0.438 e. The minimum atomic E-state index is -3.32. The Kier molecular flexibility index (Phi) is 3.94. The fourth-order valence-corrected chi connectivity index (χ4v) is 3.09. The van der Waals surface area contributed by atoms with Gasteiger partial charge in [0.1, 0.15) is 0 Å². The van der Waals surface area contributed by atoms with Gasteiger partial charge in [0.2, 0.25) is 15.8 Å². The van der Waals surface area contributed by atoms with Crippen LogP contribution in [0.1, 0.15) is 28.0 Å². The van der Waals surface area contributed by atoms with Gasteiger partial charge in [-0.25, -0.2) is 18.1 Å². The Morgan fingerprint density at radius 2 is 2.30 bits per heavy atom. The lowest BCUT2D eigenvalue weighted by atomic mass is 10.1. The molecule has 1 amide bonds. The summed E-state index contributed by atoms with van der Waals surface area (Å²) in [5.74, 6) is -0.0652. The standard InChI is InChI=1S/C13H17N5O4S/c1-9-12(22-8-14-9)13(19)17-6-10-3-4-15-18(10)11(7-17)5-16-23(2,20)21/h3-4,8,11,16H,5-7H2,1-2H3. The Morgan fingerprint density at radius 1 is 1.52 bits per heavy atom. The van der Waals surface area contributed by atoms with Gasteiger partial charge in [-0.05, 0) is 13.0 Å². The summed E-state index contributed by atoms with van der Waals surface area (Å²) < 4.78 is 32.0. The number of hydrogen-bond donors (Lipinski definition) is 1. The van der Waals surface area contributed by atoms with Crippen LogP contribution in [0.25, 0.3) is 0 Å². The van der Waals surface area contributed by atoms with E-state index in [0.717, 1.165) is 11.9 Å². The normalized spacial score (nSPS) is 18.0. The molecule has 0 saturated heterocycles. The van der Waals surface area contributed by atoms with E-state index in [0.29, 0.717) is 18.8 Å². The highest BCUT2D eigenvalue weighted by molar-refractivity contribution is 7.88. The van der Waals surface area contributed by atoms with Gasteiger partial charge in [0.25, 0.3) is 5.91 Å². The molecule has 1 aliphatic heterocycles. The van der Waals surface area contributed by atoms with Crippen molar-refractivity contribution in [2.45, 2.75) is 19.5 Å². The summed E-state index contributed by atoms with van der Waals surface area (Å²) in [5, 5.41) is 4.22. The van der Waals surface area contributed by atoms with Crippen LogP contribution >= 0.6 is 0 Å². The van der Waals surface area contributed by atoms with Gasteiger partial charge in [-0.3, -0.25) is 9.48 Å². The fraction of sp³-hybridized carbons (Fsp3) is 0.462. The molecule has 9 nitrogen and oxygen atoms in total. The van der Waals surface area contributed by atoms with Gasteiger partial charge in [0, 0.05) is 19.3 Å². The van der Waals surface area contributed by atoms with E-state index in [2.05, 4.69) is 14.8 Å². The lowest BCUT2D eigenvalue weighted by molar-refractivity contribution is 0.0638. The zero-order chi connectivity index (χ0) is 16.6. The van der Waals surface area contributed by atoms with Gasteiger partial charge in [-0.2, -0.15) is 5.10 Å². The highest BCUT2D eigenvalue weighted by atomic mass is 32.2. The number of sulfonamides is 1. The molecule has 3 heterocycles. The summed E-state index contributed by atoms with van der Waals surface area (Å²) in [6, 6.07) is 1.52. The average Bonchev–Trinajstić information content (AvgIpc) is 3.11. The molecule has 3 rings (SSSR count). The number of aromatic nitrogens is 3. The number of oxazole rings is 1. The smallest absolute Gasteiger partial charge is 0.291 e. The van der Waals surface area contributed by atoms with Gasteiger partial charge >= 0.3 is 0 Å². The Morgan fingerprint density at radius 3 is 2.96 bits per heavy atom. The van der Waals surface area contributed by atoms with Crippen molar-refractivity contribution in [1.29, 1.82) is 0 Å². The molecule has 0 bridgehead atoms. The molecular weight excluding hydrogens is 322 g/mol. The van der Waals surface area contributed by atoms with Gasteiger partial charge in [-0.1, -0.05) is 0 Å². The third-order valence-electron chi connectivity index (χ3n) is 3.69. The first-order valence-corrected chi connectivity index (χ1v) is 8.90. The Hall–Kier alpha value is -2.20. The molecule has 0 aliphatic carbocycles. The zero-order valence-corrected chi connectivity index (χ0v) is 13.6. The average molecular weight is 339 g/mol. The molecule has 0 spiro atoms. The van der Waals surface area contributed by atoms with Crippen LogP contribution < -0.4 is 4.72 Å². The first-order chi connectivity index (χ1) is 10.8. The monoisotopic (exact) mass is 339 g/mol. The van der Waals surface area contributed by atoms with Crippen LogP contribution in [0.5, 0.6) is 0 Å². The highest BCUT2D eigenvalue weighted by Crippen LogP contribution is 2.22. The maximum Gasteiger partial charge on any atom is 0.291 e. The third-order valence-corrected chi connectivity index (χ3v) is 4.38. The molecule has 1 aliphatic rings. The predicted octanol–water partition coefficient (Wildman–Crippen LogP) is -0.0742. The van der Waals surface area contributed by atoms with Crippen LogP contribution in [-0.4, -0.2) is 53.3 Å². The van der Waals surface area contributed by atoms with Crippen LogP contribution in [-0.2, 0) is 16.6 Å². The Labute approximate surface area is 133 Å². The number of hydrogen-bond acceptors (Lipinski definition) is 6. The minimum absolute atomic E-state index is 0.159. The molecule has 0 aromatic carbocycles. The van der Waals surface area contributed by atoms with E-state index in [-0.39, 0.29) is 24.3 Å². The number of nitrogens with one attached hydrogen (secondary N) is 1. The molecule has 1 N–H and O–H groups in total. The van der Waals surface area contributed by atoms with Crippen molar-refractivity contribution in [3.05, 3.63) is 35.8 Å². The van der Waals surface area contributed by atoms with Crippen molar-refractivity contribution in [2.24, 2.45) is 0 Å². The van der Waals surface area contributed by atoms with Crippen molar-refractivity contribution < 1.29 is 17.6 Å². The highest BCUT2D eigenvalue weighted by Gasteiger charge is 2.31. The van der Waals surface area contributed by atoms with Crippen molar-refractivity contribution in [2.75, 3.05) is 19.3 Å². The zero-order valence-electron chi connectivity index (χ0n) is 12.8. The Bertz CT molecular complexity index is 825. The largest absolute Gasteiger partial charge is 0.438 e. The van der Waals surface area contributed by atoms with E-state index in [1.54, 1.807) is 28.8 Å². The van der Waals surface area contributed by atoms with Gasteiger partial charge in [0.05, 0.1) is 30.2 Å².